The van der Waals surface area contributed by atoms with Gasteiger partial charge in [-0.1, -0.05) is 29.3 Å². The number of nitrogens with zero attached hydrogens (tertiary/aromatic N) is 2. The molecule has 0 radical (unpaired) electrons. The van der Waals surface area contributed by atoms with Crippen LogP contribution in [0.2, 0.25) is 10.0 Å². The summed E-state index contributed by atoms with van der Waals surface area (Å²) < 4.78 is 28.8. The SMILES string of the molecule is CC(NS(=O)(=O)c1cccc(Cl)c1Cl)c1cnn(C)c1. The van der Waals surface area contributed by atoms with E-state index in [1.165, 1.54) is 18.2 Å². The lowest BCUT2D eigenvalue weighted by atomic mass is 10.2. The van der Waals surface area contributed by atoms with Gasteiger partial charge in [0.05, 0.1) is 16.2 Å². The quantitative estimate of drug-likeness (QED) is 0.935. The number of halogens is 2. The molecule has 1 atom stereocenters. The summed E-state index contributed by atoms with van der Waals surface area (Å²) in [7, 11) is -1.99. The minimum absolute atomic E-state index is 0.0139. The first-order valence-corrected chi connectivity index (χ1v) is 8.00. The van der Waals surface area contributed by atoms with Crippen molar-refractivity contribution in [1.82, 2.24) is 14.5 Å². The van der Waals surface area contributed by atoms with Crippen LogP contribution in [0.5, 0.6) is 0 Å². The van der Waals surface area contributed by atoms with Gasteiger partial charge < -0.3 is 0 Å². The van der Waals surface area contributed by atoms with Crippen molar-refractivity contribution in [3.8, 4) is 0 Å². The molecule has 0 amide bonds. The summed E-state index contributed by atoms with van der Waals surface area (Å²) in [6, 6.07) is 4.06. The highest BCUT2D eigenvalue weighted by Crippen LogP contribution is 2.29. The Morgan fingerprint density at radius 2 is 2.05 bits per heavy atom. The number of rotatable bonds is 4. The maximum absolute atomic E-state index is 12.3. The second-order valence-corrected chi connectivity index (χ2v) is 6.81. The number of sulfonamides is 1. The van der Waals surface area contributed by atoms with Crippen LogP contribution in [-0.4, -0.2) is 18.2 Å². The van der Waals surface area contributed by atoms with E-state index in [9.17, 15) is 8.42 Å². The molecule has 8 heteroatoms. The van der Waals surface area contributed by atoms with E-state index in [1.54, 1.807) is 31.0 Å². The van der Waals surface area contributed by atoms with E-state index < -0.39 is 16.1 Å². The molecule has 0 aliphatic rings. The maximum atomic E-state index is 12.3. The van der Waals surface area contributed by atoms with Crippen LogP contribution >= 0.6 is 23.2 Å². The Kier molecular flexibility index (Phi) is 4.39. The first-order valence-electron chi connectivity index (χ1n) is 5.76. The van der Waals surface area contributed by atoms with E-state index in [4.69, 9.17) is 23.2 Å². The third-order valence-electron chi connectivity index (χ3n) is 2.76. The lowest BCUT2D eigenvalue weighted by Crippen LogP contribution is -2.27. The first kappa shape index (κ1) is 15.3. The van der Waals surface area contributed by atoms with Crippen LogP contribution in [0.25, 0.3) is 0 Å². The molecule has 0 fully saturated rings. The van der Waals surface area contributed by atoms with Gasteiger partial charge in [0.1, 0.15) is 4.90 Å². The summed E-state index contributed by atoms with van der Waals surface area (Å²) in [6.07, 6.45) is 3.35. The van der Waals surface area contributed by atoms with Crippen LogP contribution in [0, 0.1) is 0 Å². The number of aromatic nitrogens is 2. The van der Waals surface area contributed by atoms with Gasteiger partial charge in [-0.2, -0.15) is 5.10 Å². The Morgan fingerprint density at radius 1 is 1.35 bits per heavy atom. The molecule has 0 aliphatic heterocycles. The maximum Gasteiger partial charge on any atom is 0.242 e. The van der Waals surface area contributed by atoms with Crippen molar-refractivity contribution in [3.05, 3.63) is 46.2 Å². The van der Waals surface area contributed by atoms with E-state index in [1.807, 2.05) is 0 Å². The summed E-state index contributed by atoms with van der Waals surface area (Å²) in [6.45, 7) is 1.73. The summed E-state index contributed by atoms with van der Waals surface area (Å²) in [5, 5.41) is 4.22. The Morgan fingerprint density at radius 3 is 2.65 bits per heavy atom. The van der Waals surface area contributed by atoms with Crippen molar-refractivity contribution in [2.75, 3.05) is 0 Å². The Hall–Kier alpha value is -1.08. The van der Waals surface area contributed by atoms with Gasteiger partial charge in [0.15, 0.2) is 0 Å². The van der Waals surface area contributed by atoms with Crippen LogP contribution in [0.3, 0.4) is 0 Å². The fraction of sp³-hybridized carbons (Fsp3) is 0.250. The molecular weight excluding hydrogens is 321 g/mol. The van der Waals surface area contributed by atoms with Crippen LogP contribution in [0.4, 0.5) is 0 Å². The third kappa shape index (κ3) is 3.15. The van der Waals surface area contributed by atoms with E-state index in [0.29, 0.717) is 0 Å². The molecule has 5 nitrogen and oxygen atoms in total. The summed E-state index contributed by atoms with van der Waals surface area (Å²) >= 11 is 11.8. The molecule has 1 heterocycles. The summed E-state index contributed by atoms with van der Waals surface area (Å²) in [5.74, 6) is 0. The molecule has 2 rings (SSSR count). The van der Waals surface area contributed by atoms with Crippen LogP contribution in [0.1, 0.15) is 18.5 Å². The highest BCUT2D eigenvalue weighted by Gasteiger charge is 2.22. The molecule has 0 bridgehead atoms. The summed E-state index contributed by atoms with van der Waals surface area (Å²) in [4.78, 5) is -0.0394. The van der Waals surface area contributed by atoms with Crippen molar-refractivity contribution >= 4 is 33.2 Å². The van der Waals surface area contributed by atoms with Crippen molar-refractivity contribution in [1.29, 1.82) is 0 Å². The number of nitrogens with one attached hydrogen (secondary N) is 1. The van der Waals surface area contributed by atoms with Crippen LogP contribution in [-0.2, 0) is 17.1 Å². The van der Waals surface area contributed by atoms with E-state index in [2.05, 4.69) is 9.82 Å². The Bertz CT molecular complexity index is 728. The lowest BCUT2D eigenvalue weighted by molar-refractivity contribution is 0.567. The molecule has 2 aromatic rings. The fourth-order valence-electron chi connectivity index (χ4n) is 1.72. The largest absolute Gasteiger partial charge is 0.275 e. The fourth-order valence-corrected chi connectivity index (χ4v) is 3.71. The topological polar surface area (TPSA) is 64.0 Å². The number of hydrogen-bond acceptors (Lipinski definition) is 3. The van der Waals surface area contributed by atoms with Gasteiger partial charge in [0.25, 0.3) is 0 Å². The summed E-state index contributed by atoms with van der Waals surface area (Å²) in [5.41, 5.74) is 0.759. The van der Waals surface area contributed by atoms with Gasteiger partial charge in [0, 0.05) is 24.8 Å². The van der Waals surface area contributed by atoms with E-state index in [-0.39, 0.29) is 14.9 Å². The van der Waals surface area contributed by atoms with Crippen molar-refractivity contribution in [3.63, 3.8) is 0 Å². The predicted octanol–water partition coefficient (Wildman–Crippen LogP) is 2.77. The zero-order valence-electron chi connectivity index (χ0n) is 10.8. The van der Waals surface area contributed by atoms with Crippen molar-refractivity contribution < 1.29 is 8.42 Å². The monoisotopic (exact) mass is 333 g/mol. The highest BCUT2D eigenvalue weighted by atomic mass is 35.5. The smallest absolute Gasteiger partial charge is 0.242 e. The van der Waals surface area contributed by atoms with E-state index in [0.717, 1.165) is 5.56 Å². The molecule has 1 aromatic carbocycles. The van der Waals surface area contributed by atoms with E-state index >= 15 is 0 Å². The van der Waals surface area contributed by atoms with Gasteiger partial charge >= 0.3 is 0 Å². The normalized spacial score (nSPS) is 13.4. The van der Waals surface area contributed by atoms with Gasteiger partial charge in [0.2, 0.25) is 10.0 Å². The van der Waals surface area contributed by atoms with Crippen molar-refractivity contribution in [2.24, 2.45) is 7.05 Å². The molecular formula is C12H13Cl2N3O2S. The van der Waals surface area contributed by atoms with Gasteiger partial charge in [-0.25, -0.2) is 13.1 Å². The average molecular weight is 334 g/mol. The first-order chi connectivity index (χ1) is 9.31. The minimum atomic E-state index is -3.76. The Balaban J connectivity index is 2.30. The second kappa shape index (κ2) is 5.73. The molecule has 0 saturated carbocycles. The molecule has 1 unspecified atom stereocenters. The average Bonchev–Trinajstić information content (AvgIpc) is 2.79. The zero-order chi connectivity index (χ0) is 14.9. The number of benzene rings is 1. The molecule has 1 N–H and O–H groups in total. The molecule has 0 spiro atoms. The molecule has 0 aliphatic carbocycles. The van der Waals surface area contributed by atoms with Gasteiger partial charge in [-0.15, -0.1) is 0 Å². The van der Waals surface area contributed by atoms with Crippen LogP contribution < -0.4 is 4.72 Å². The molecule has 20 heavy (non-hydrogen) atoms. The number of aryl methyl sites for hydroxylation is 1. The number of hydrogen-bond donors (Lipinski definition) is 1. The molecule has 0 saturated heterocycles. The van der Waals surface area contributed by atoms with Gasteiger partial charge in [-0.05, 0) is 19.1 Å². The lowest BCUT2D eigenvalue weighted by Gasteiger charge is -2.14. The van der Waals surface area contributed by atoms with Crippen molar-refractivity contribution in [2.45, 2.75) is 17.9 Å². The van der Waals surface area contributed by atoms with Crippen LogP contribution in [0.15, 0.2) is 35.5 Å². The Labute approximate surface area is 127 Å². The molecule has 108 valence electrons. The molecule has 1 aromatic heterocycles. The minimum Gasteiger partial charge on any atom is -0.275 e. The standard InChI is InChI=1S/C12H13Cl2N3O2S/c1-8(9-6-15-17(2)7-9)16-20(18,19)11-5-3-4-10(13)12(11)14/h3-8,16H,1-2H3. The third-order valence-corrected chi connectivity index (χ3v) is 5.28. The van der Waals surface area contributed by atoms with Gasteiger partial charge in [-0.3, -0.25) is 4.68 Å². The predicted molar refractivity (Wildman–Crippen MR) is 78.4 cm³/mol. The second-order valence-electron chi connectivity index (χ2n) is 4.34. The zero-order valence-corrected chi connectivity index (χ0v) is 13.2. The highest BCUT2D eigenvalue weighted by molar-refractivity contribution is 7.89.